The van der Waals surface area contributed by atoms with Crippen LogP contribution >= 0.6 is 22.9 Å². The molecule has 0 aliphatic carbocycles. The number of hydrogen-bond acceptors (Lipinski definition) is 6. The van der Waals surface area contributed by atoms with Crippen molar-refractivity contribution in [3.63, 3.8) is 0 Å². The molecule has 0 aliphatic heterocycles. The van der Waals surface area contributed by atoms with E-state index in [2.05, 4.69) is 15.3 Å². The Balaban J connectivity index is 1.77. The van der Waals surface area contributed by atoms with Crippen molar-refractivity contribution in [2.75, 3.05) is 7.11 Å². The lowest BCUT2D eigenvalue weighted by atomic mass is 10.2. The van der Waals surface area contributed by atoms with Gasteiger partial charge in [0.15, 0.2) is 5.82 Å². The Kier molecular flexibility index (Phi) is 3.79. The van der Waals surface area contributed by atoms with E-state index in [9.17, 15) is 0 Å². The maximum atomic E-state index is 6.10. The normalized spacial score (nSPS) is 11.6. The fourth-order valence-electron chi connectivity index (χ4n) is 2.26. The Bertz CT molecular complexity index is 1020. The lowest BCUT2D eigenvalue weighted by Crippen LogP contribution is -1.94. The van der Waals surface area contributed by atoms with Gasteiger partial charge in [-0.3, -0.25) is 0 Å². The molecule has 0 amide bonds. The molecule has 6 nitrogen and oxygen atoms in total. The molecule has 24 heavy (non-hydrogen) atoms. The largest absolute Gasteiger partial charge is 0.496 e. The van der Waals surface area contributed by atoms with Crippen LogP contribution in [0.5, 0.6) is 5.75 Å². The number of rotatable bonds is 4. The average molecular weight is 359 g/mol. The van der Waals surface area contributed by atoms with Gasteiger partial charge in [-0.15, -0.1) is 10.2 Å². The van der Waals surface area contributed by atoms with Crippen molar-refractivity contribution in [3.8, 4) is 17.1 Å². The van der Waals surface area contributed by atoms with E-state index in [0.717, 1.165) is 16.3 Å². The minimum atomic E-state index is 0.582. The molecule has 0 N–H and O–H groups in total. The minimum Gasteiger partial charge on any atom is -0.496 e. The summed E-state index contributed by atoms with van der Waals surface area (Å²) in [5.74, 6) is 2.00. The summed E-state index contributed by atoms with van der Waals surface area (Å²) in [4.78, 5) is 0.686. The predicted molar refractivity (Wildman–Crippen MR) is 93.3 cm³/mol. The predicted octanol–water partition coefficient (Wildman–Crippen LogP) is 4.28. The number of hydrogen-bond donors (Lipinski definition) is 0. The van der Waals surface area contributed by atoms with Gasteiger partial charge < -0.3 is 9.15 Å². The quantitative estimate of drug-likeness (QED) is 0.544. The van der Waals surface area contributed by atoms with E-state index in [0.29, 0.717) is 21.6 Å². The first kappa shape index (κ1) is 14.9. The van der Waals surface area contributed by atoms with Gasteiger partial charge in [-0.1, -0.05) is 22.9 Å². The first-order valence-corrected chi connectivity index (χ1v) is 8.22. The van der Waals surface area contributed by atoms with Crippen LogP contribution in [0.3, 0.4) is 0 Å². The summed E-state index contributed by atoms with van der Waals surface area (Å²) in [7, 11) is 1.60. The maximum absolute atomic E-state index is 6.10. The lowest BCUT2D eigenvalue weighted by Gasteiger charge is -2.06. The highest BCUT2D eigenvalue weighted by atomic mass is 35.5. The van der Waals surface area contributed by atoms with Crippen molar-refractivity contribution in [1.82, 2.24) is 19.8 Å². The zero-order valence-electron chi connectivity index (χ0n) is 12.5. The standard InChI is InChI=1S/C16H11ClN4O2S/c1-22-13-6-4-10(17)9-12(13)15-18-19-16-21(15)20-14(24-16)7-5-11-3-2-8-23-11/h2-9H,1H3/b7-5+. The molecule has 0 bridgehead atoms. The van der Waals surface area contributed by atoms with Crippen LogP contribution in [0.2, 0.25) is 5.02 Å². The lowest BCUT2D eigenvalue weighted by molar-refractivity contribution is 0.416. The van der Waals surface area contributed by atoms with E-state index >= 15 is 0 Å². The molecule has 0 fully saturated rings. The molecule has 3 heterocycles. The Morgan fingerprint density at radius 3 is 2.96 bits per heavy atom. The Hall–Kier alpha value is -2.64. The van der Waals surface area contributed by atoms with Gasteiger partial charge in [-0.2, -0.15) is 9.61 Å². The Labute approximate surface area is 146 Å². The highest BCUT2D eigenvalue weighted by molar-refractivity contribution is 7.17. The van der Waals surface area contributed by atoms with E-state index in [1.165, 1.54) is 11.3 Å². The van der Waals surface area contributed by atoms with Crippen molar-refractivity contribution in [3.05, 3.63) is 52.4 Å². The van der Waals surface area contributed by atoms with Crippen molar-refractivity contribution in [1.29, 1.82) is 0 Å². The van der Waals surface area contributed by atoms with Crippen LogP contribution in [0, 0.1) is 0 Å². The van der Waals surface area contributed by atoms with Crippen LogP contribution in [0.4, 0.5) is 0 Å². The van der Waals surface area contributed by atoms with Gasteiger partial charge in [-0.25, -0.2) is 0 Å². The SMILES string of the molecule is COc1ccc(Cl)cc1-c1nnc2sc(/C=C/c3ccco3)nn12. The zero-order chi connectivity index (χ0) is 16.5. The molecule has 0 aliphatic rings. The number of nitrogens with zero attached hydrogens (tertiary/aromatic N) is 4. The number of fused-ring (bicyclic) bond motifs is 1. The molecule has 4 rings (SSSR count). The molecule has 0 spiro atoms. The summed E-state index contributed by atoms with van der Waals surface area (Å²) in [6.45, 7) is 0. The van der Waals surface area contributed by atoms with Gasteiger partial charge in [0.2, 0.25) is 4.96 Å². The number of benzene rings is 1. The van der Waals surface area contributed by atoms with Gasteiger partial charge >= 0.3 is 0 Å². The van der Waals surface area contributed by atoms with Gasteiger partial charge in [0, 0.05) is 5.02 Å². The Morgan fingerprint density at radius 2 is 2.17 bits per heavy atom. The second kappa shape index (κ2) is 6.10. The highest BCUT2D eigenvalue weighted by Gasteiger charge is 2.16. The van der Waals surface area contributed by atoms with Gasteiger partial charge in [0.05, 0.1) is 18.9 Å². The van der Waals surface area contributed by atoms with Crippen molar-refractivity contribution in [2.24, 2.45) is 0 Å². The third-order valence-corrected chi connectivity index (χ3v) is 4.44. The first-order chi connectivity index (χ1) is 11.7. The summed E-state index contributed by atoms with van der Waals surface area (Å²) < 4.78 is 12.3. The summed E-state index contributed by atoms with van der Waals surface area (Å²) >= 11 is 7.53. The minimum absolute atomic E-state index is 0.582. The van der Waals surface area contributed by atoms with Crippen molar-refractivity contribution < 1.29 is 9.15 Å². The first-order valence-electron chi connectivity index (χ1n) is 7.02. The number of furan rings is 1. The molecule has 0 radical (unpaired) electrons. The zero-order valence-corrected chi connectivity index (χ0v) is 14.1. The second-order valence-electron chi connectivity index (χ2n) is 4.85. The van der Waals surface area contributed by atoms with Crippen LogP contribution in [0.15, 0.2) is 41.0 Å². The second-order valence-corrected chi connectivity index (χ2v) is 6.28. The van der Waals surface area contributed by atoms with E-state index in [1.807, 2.05) is 24.3 Å². The van der Waals surface area contributed by atoms with Crippen molar-refractivity contribution >= 4 is 40.1 Å². The number of halogens is 1. The van der Waals surface area contributed by atoms with Crippen LogP contribution in [-0.4, -0.2) is 26.9 Å². The summed E-state index contributed by atoms with van der Waals surface area (Å²) in [6.07, 6.45) is 5.35. The van der Waals surface area contributed by atoms with Crippen LogP contribution in [0.1, 0.15) is 10.8 Å². The third kappa shape index (κ3) is 2.68. The molecule has 3 aromatic heterocycles. The van der Waals surface area contributed by atoms with Crippen LogP contribution < -0.4 is 4.74 Å². The molecular weight excluding hydrogens is 348 g/mol. The van der Waals surface area contributed by atoms with Crippen LogP contribution in [-0.2, 0) is 0 Å². The highest BCUT2D eigenvalue weighted by Crippen LogP contribution is 2.32. The monoisotopic (exact) mass is 358 g/mol. The molecule has 4 aromatic rings. The van der Waals surface area contributed by atoms with Gasteiger partial charge in [-0.05, 0) is 42.5 Å². The summed E-state index contributed by atoms with van der Waals surface area (Å²) in [5.41, 5.74) is 0.740. The van der Waals surface area contributed by atoms with E-state index in [-0.39, 0.29) is 0 Å². The summed E-state index contributed by atoms with van der Waals surface area (Å²) in [5, 5.41) is 14.3. The topological polar surface area (TPSA) is 65.5 Å². The fraction of sp³-hybridized carbons (Fsp3) is 0.0625. The molecule has 0 atom stereocenters. The molecular formula is C16H11ClN4O2S. The third-order valence-electron chi connectivity index (χ3n) is 3.34. The smallest absolute Gasteiger partial charge is 0.235 e. The average Bonchev–Trinajstić information content (AvgIpc) is 3.29. The molecule has 0 saturated heterocycles. The van der Waals surface area contributed by atoms with Crippen molar-refractivity contribution in [2.45, 2.75) is 0 Å². The number of ether oxygens (including phenoxy) is 1. The molecule has 0 saturated carbocycles. The van der Waals surface area contributed by atoms with E-state index < -0.39 is 0 Å². The molecule has 1 aromatic carbocycles. The van der Waals surface area contributed by atoms with E-state index in [4.69, 9.17) is 20.8 Å². The van der Waals surface area contributed by atoms with Gasteiger partial charge in [0.25, 0.3) is 0 Å². The number of aromatic nitrogens is 4. The molecule has 0 unspecified atom stereocenters. The van der Waals surface area contributed by atoms with Crippen LogP contribution in [0.25, 0.3) is 28.5 Å². The number of methoxy groups -OCH3 is 1. The Morgan fingerprint density at radius 1 is 1.25 bits per heavy atom. The maximum Gasteiger partial charge on any atom is 0.235 e. The van der Waals surface area contributed by atoms with Gasteiger partial charge in [0.1, 0.15) is 16.5 Å². The molecule has 120 valence electrons. The fourth-order valence-corrected chi connectivity index (χ4v) is 3.17. The summed E-state index contributed by atoms with van der Waals surface area (Å²) in [6, 6.07) is 9.05. The molecule has 8 heteroatoms. The van der Waals surface area contributed by atoms with E-state index in [1.54, 1.807) is 36.1 Å².